The first-order valence-corrected chi connectivity index (χ1v) is 8.06. The highest BCUT2D eigenvalue weighted by Crippen LogP contribution is 2.24. The maximum absolute atomic E-state index is 12.4. The fourth-order valence-electron chi connectivity index (χ4n) is 2.95. The second-order valence-electron chi connectivity index (χ2n) is 6.05. The molecule has 0 saturated carbocycles. The SMILES string of the molecule is Cc1nc2c(Cc3ccccc3)[nH]c(-c3ccc(O)cc3)cn-2c1=O. The number of rotatable bonds is 3. The molecule has 0 saturated heterocycles. The number of aryl methyl sites for hydroxylation is 1. The molecule has 0 bridgehead atoms. The number of phenols is 1. The molecule has 2 aliphatic heterocycles. The normalized spacial score (nSPS) is 11.1. The minimum atomic E-state index is -0.113. The molecule has 2 aromatic carbocycles. The lowest BCUT2D eigenvalue weighted by atomic mass is 10.1. The highest BCUT2D eigenvalue weighted by molar-refractivity contribution is 5.61. The molecule has 124 valence electrons. The van der Waals surface area contributed by atoms with Crippen LogP contribution in [0.25, 0.3) is 17.1 Å². The lowest BCUT2D eigenvalue weighted by molar-refractivity contribution is 0.475. The number of nitrogens with zero attached hydrogens (tertiary/aromatic N) is 2. The standard InChI is InChI=1S/C20H17N3O2/c1-13-20(25)23-12-18(15-7-9-16(24)10-8-15)22-17(19(23)21-13)11-14-5-3-2-4-6-14/h2-10,12,22,24H,11H2,1H3. The van der Waals surface area contributed by atoms with Crippen LogP contribution in [0, 0.1) is 6.92 Å². The first-order valence-electron chi connectivity index (χ1n) is 8.06. The summed E-state index contributed by atoms with van der Waals surface area (Å²) in [6.07, 6.45) is 2.41. The summed E-state index contributed by atoms with van der Waals surface area (Å²) >= 11 is 0. The van der Waals surface area contributed by atoms with E-state index in [1.807, 2.05) is 42.5 Å². The van der Waals surface area contributed by atoms with Gasteiger partial charge in [-0.3, -0.25) is 9.36 Å². The summed E-state index contributed by atoms with van der Waals surface area (Å²) in [6.45, 7) is 1.72. The van der Waals surface area contributed by atoms with Gasteiger partial charge in [0.15, 0.2) is 5.82 Å². The van der Waals surface area contributed by atoms with E-state index in [4.69, 9.17) is 0 Å². The third-order valence-electron chi connectivity index (χ3n) is 4.25. The summed E-state index contributed by atoms with van der Waals surface area (Å²) in [5.41, 5.74) is 4.06. The monoisotopic (exact) mass is 331 g/mol. The predicted molar refractivity (Wildman–Crippen MR) is 96.5 cm³/mol. The van der Waals surface area contributed by atoms with Crippen LogP contribution in [-0.4, -0.2) is 19.6 Å². The van der Waals surface area contributed by atoms with Crippen LogP contribution in [-0.2, 0) is 6.42 Å². The van der Waals surface area contributed by atoms with Gasteiger partial charge in [0.05, 0.1) is 11.4 Å². The Morgan fingerprint density at radius 1 is 1.08 bits per heavy atom. The molecule has 0 aliphatic carbocycles. The van der Waals surface area contributed by atoms with E-state index in [1.54, 1.807) is 29.8 Å². The molecule has 0 radical (unpaired) electrons. The average Bonchev–Trinajstić information content (AvgIpc) is 2.92. The maximum atomic E-state index is 12.4. The Balaban J connectivity index is 1.89. The molecule has 0 unspecified atom stereocenters. The van der Waals surface area contributed by atoms with E-state index in [0.29, 0.717) is 17.9 Å². The number of phenolic OH excluding ortho intramolecular Hbond substituents is 1. The molecule has 2 aromatic rings. The van der Waals surface area contributed by atoms with Crippen molar-refractivity contribution < 1.29 is 5.11 Å². The van der Waals surface area contributed by atoms with Gasteiger partial charge in [0.2, 0.25) is 0 Å². The number of hydrogen-bond acceptors (Lipinski definition) is 3. The van der Waals surface area contributed by atoms with Crippen molar-refractivity contribution >= 4 is 0 Å². The number of fused-ring (bicyclic) bond motifs is 1. The lowest BCUT2D eigenvalue weighted by Crippen LogP contribution is -2.16. The Hall–Kier alpha value is -3.34. The van der Waals surface area contributed by atoms with Crippen LogP contribution >= 0.6 is 0 Å². The Kier molecular flexibility index (Phi) is 3.61. The van der Waals surface area contributed by atoms with E-state index in [2.05, 4.69) is 9.97 Å². The molecule has 0 aromatic heterocycles. The van der Waals surface area contributed by atoms with Gasteiger partial charge in [0, 0.05) is 12.6 Å². The fourth-order valence-corrected chi connectivity index (χ4v) is 2.95. The highest BCUT2D eigenvalue weighted by Gasteiger charge is 2.18. The van der Waals surface area contributed by atoms with Crippen LogP contribution in [0.15, 0.2) is 65.6 Å². The Morgan fingerprint density at radius 2 is 1.80 bits per heavy atom. The van der Waals surface area contributed by atoms with Crippen molar-refractivity contribution in [3.63, 3.8) is 0 Å². The third-order valence-corrected chi connectivity index (χ3v) is 4.25. The number of benzene rings is 2. The molecule has 0 amide bonds. The zero-order valence-corrected chi connectivity index (χ0v) is 13.7. The minimum absolute atomic E-state index is 0.113. The second kappa shape index (κ2) is 5.94. The molecule has 5 nitrogen and oxygen atoms in total. The molecule has 0 fully saturated rings. The summed E-state index contributed by atoms with van der Waals surface area (Å²) in [5.74, 6) is 0.853. The molecule has 2 aliphatic rings. The van der Waals surface area contributed by atoms with Gasteiger partial charge in [0.1, 0.15) is 11.4 Å². The van der Waals surface area contributed by atoms with Crippen LogP contribution < -0.4 is 5.56 Å². The van der Waals surface area contributed by atoms with E-state index in [0.717, 1.165) is 22.5 Å². The van der Waals surface area contributed by atoms with Crippen molar-refractivity contribution in [3.05, 3.63) is 88.1 Å². The van der Waals surface area contributed by atoms with E-state index in [1.165, 1.54) is 0 Å². The summed E-state index contributed by atoms with van der Waals surface area (Å²) in [4.78, 5) is 20.3. The highest BCUT2D eigenvalue weighted by atomic mass is 16.3. The van der Waals surface area contributed by atoms with Crippen LogP contribution in [0.5, 0.6) is 5.75 Å². The molecular weight excluding hydrogens is 314 g/mol. The van der Waals surface area contributed by atoms with Crippen LogP contribution in [0.4, 0.5) is 0 Å². The predicted octanol–water partition coefficient (Wildman–Crippen LogP) is 3.27. The Morgan fingerprint density at radius 3 is 2.52 bits per heavy atom. The van der Waals surface area contributed by atoms with Crippen LogP contribution in [0.3, 0.4) is 0 Å². The number of aromatic amines is 1. The van der Waals surface area contributed by atoms with E-state index in [9.17, 15) is 9.90 Å². The van der Waals surface area contributed by atoms with Crippen molar-refractivity contribution in [2.45, 2.75) is 13.3 Å². The van der Waals surface area contributed by atoms with Gasteiger partial charge < -0.3 is 10.1 Å². The fraction of sp³-hybridized carbons (Fsp3) is 0.100. The third kappa shape index (κ3) is 2.80. The van der Waals surface area contributed by atoms with Crippen molar-refractivity contribution in [2.75, 3.05) is 0 Å². The van der Waals surface area contributed by atoms with Gasteiger partial charge in [-0.25, -0.2) is 4.98 Å². The number of aromatic hydroxyl groups is 1. The van der Waals surface area contributed by atoms with Crippen LogP contribution in [0.2, 0.25) is 0 Å². The first kappa shape index (κ1) is 15.2. The number of nitrogens with one attached hydrogen (secondary N) is 1. The van der Waals surface area contributed by atoms with Crippen LogP contribution in [0.1, 0.15) is 17.0 Å². The molecular formula is C20H17N3O2. The molecule has 25 heavy (non-hydrogen) atoms. The molecule has 2 heterocycles. The number of hydrogen-bond donors (Lipinski definition) is 2. The summed E-state index contributed by atoms with van der Waals surface area (Å²) in [5, 5.41) is 9.50. The first-order chi connectivity index (χ1) is 12.1. The second-order valence-corrected chi connectivity index (χ2v) is 6.05. The summed E-state index contributed by atoms with van der Waals surface area (Å²) in [6, 6.07) is 16.9. The number of imidazole rings is 1. The number of H-pyrrole nitrogens is 1. The van der Waals surface area contributed by atoms with Crippen molar-refractivity contribution in [1.29, 1.82) is 0 Å². The average molecular weight is 331 g/mol. The summed E-state index contributed by atoms with van der Waals surface area (Å²) in [7, 11) is 0. The van der Waals surface area contributed by atoms with Crippen molar-refractivity contribution in [1.82, 2.24) is 14.5 Å². The summed E-state index contributed by atoms with van der Waals surface area (Å²) < 4.78 is 1.59. The quantitative estimate of drug-likeness (QED) is 0.605. The van der Waals surface area contributed by atoms with E-state index < -0.39 is 0 Å². The largest absolute Gasteiger partial charge is 0.508 e. The Labute approximate surface area is 144 Å². The van der Waals surface area contributed by atoms with Gasteiger partial charge in [-0.15, -0.1) is 0 Å². The Bertz CT molecular complexity index is 1050. The van der Waals surface area contributed by atoms with Gasteiger partial charge in [0.25, 0.3) is 5.56 Å². The topological polar surface area (TPSA) is 70.9 Å². The van der Waals surface area contributed by atoms with E-state index in [-0.39, 0.29) is 11.3 Å². The molecule has 0 spiro atoms. The van der Waals surface area contributed by atoms with Gasteiger partial charge in [-0.1, -0.05) is 30.3 Å². The molecule has 4 rings (SSSR count). The molecule has 0 atom stereocenters. The molecule has 5 heteroatoms. The maximum Gasteiger partial charge on any atom is 0.277 e. The van der Waals surface area contributed by atoms with Gasteiger partial charge in [-0.05, 0) is 42.3 Å². The van der Waals surface area contributed by atoms with Gasteiger partial charge >= 0.3 is 0 Å². The van der Waals surface area contributed by atoms with Crippen molar-refractivity contribution in [3.8, 4) is 22.8 Å². The van der Waals surface area contributed by atoms with Crippen molar-refractivity contribution in [2.24, 2.45) is 0 Å². The number of aromatic nitrogens is 3. The zero-order valence-electron chi connectivity index (χ0n) is 13.7. The van der Waals surface area contributed by atoms with Gasteiger partial charge in [-0.2, -0.15) is 0 Å². The zero-order chi connectivity index (χ0) is 17.4. The lowest BCUT2D eigenvalue weighted by Gasteiger charge is -2.13. The smallest absolute Gasteiger partial charge is 0.277 e. The van der Waals surface area contributed by atoms with E-state index >= 15 is 0 Å². The minimum Gasteiger partial charge on any atom is -0.508 e. The molecule has 2 N–H and O–H groups in total.